The van der Waals surface area contributed by atoms with Crippen molar-refractivity contribution in [3.05, 3.63) is 17.7 Å². The van der Waals surface area contributed by atoms with E-state index in [2.05, 4.69) is 14.9 Å². The van der Waals surface area contributed by atoms with Gasteiger partial charge >= 0.3 is 0 Å². The highest BCUT2D eigenvalue weighted by atomic mass is 16.5. The lowest BCUT2D eigenvalue weighted by Crippen LogP contribution is -2.60. The molecule has 3 aliphatic heterocycles. The molecule has 1 aromatic rings. The number of hydrogen-bond donors (Lipinski definition) is 1. The number of amides is 2. The van der Waals surface area contributed by atoms with Crippen molar-refractivity contribution in [2.75, 3.05) is 53.0 Å². The lowest BCUT2D eigenvalue weighted by molar-refractivity contribution is -0.148. The molecule has 3 aliphatic rings. The van der Waals surface area contributed by atoms with Gasteiger partial charge in [0, 0.05) is 51.3 Å². The molecule has 8 nitrogen and oxygen atoms in total. The number of hydrogen-bond acceptors (Lipinski definition) is 5. The van der Waals surface area contributed by atoms with E-state index in [1.165, 1.54) is 12.8 Å². The van der Waals surface area contributed by atoms with Gasteiger partial charge in [-0.2, -0.15) is 0 Å². The van der Waals surface area contributed by atoms with Crippen molar-refractivity contribution >= 4 is 11.8 Å². The Kier molecular flexibility index (Phi) is 5.92. The van der Waals surface area contributed by atoms with E-state index in [1.807, 2.05) is 16.7 Å². The Labute approximate surface area is 172 Å². The monoisotopic (exact) mass is 403 g/mol. The highest BCUT2D eigenvalue weighted by Gasteiger charge is 2.49. The number of likely N-dealkylation sites (tertiary alicyclic amines) is 2. The first-order valence-electron chi connectivity index (χ1n) is 10.9. The standard InChI is InChI=1S/C21H33N5O3/c1-16(13-24-8-3-4-9-24)20(28)25-11-6-21(7-12-25)19-17(22-15-23-19)5-10-26(21)18(27)14-29-2/h15-16H,3-14H2,1-2H3,(H,22,23)/t16-/m1/s1. The summed E-state index contributed by atoms with van der Waals surface area (Å²) in [6, 6.07) is 0. The average molecular weight is 404 g/mol. The molecule has 0 aliphatic carbocycles. The minimum atomic E-state index is -0.432. The minimum Gasteiger partial charge on any atom is -0.375 e. The van der Waals surface area contributed by atoms with Crippen LogP contribution in [0.3, 0.4) is 0 Å². The molecule has 2 amide bonds. The number of imidazole rings is 1. The topological polar surface area (TPSA) is 81.8 Å². The van der Waals surface area contributed by atoms with Crippen LogP contribution in [0.15, 0.2) is 6.33 Å². The second-order valence-electron chi connectivity index (χ2n) is 8.72. The number of carbonyl (C=O) groups excluding carboxylic acids is 2. The van der Waals surface area contributed by atoms with Gasteiger partial charge in [0.25, 0.3) is 0 Å². The van der Waals surface area contributed by atoms with Crippen LogP contribution in [-0.4, -0.2) is 89.5 Å². The van der Waals surface area contributed by atoms with Crippen LogP contribution in [0.1, 0.15) is 44.0 Å². The molecule has 0 aromatic carbocycles. The summed E-state index contributed by atoms with van der Waals surface area (Å²) in [5.74, 6) is 0.253. The molecule has 0 radical (unpaired) electrons. The number of aromatic amines is 1. The van der Waals surface area contributed by atoms with Crippen LogP contribution in [-0.2, 0) is 26.3 Å². The largest absolute Gasteiger partial charge is 0.375 e. The molecule has 8 heteroatoms. The second-order valence-corrected chi connectivity index (χ2v) is 8.72. The number of rotatable bonds is 5. The van der Waals surface area contributed by atoms with E-state index in [4.69, 9.17) is 4.74 Å². The van der Waals surface area contributed by atoms with Gasteiger partial charge in [-0.3, -0.25) is 9.59 Å². The van der Waals surface area contributed by atoms with E-state index in [0.29, 0.717) is 19.6 Å². The number of fused-ring (bicyclic) bond motifs is 2. The van der Waals surface area contributed by atoms with E-state index in [1.54, 1.807) is 13.4 Å². The summed E-state index contributed by atoms with van der Waals surface area (Å²) in [4.78, 5) is 40.0. The Morgan fingerprint density at radius 2 is 1.93 bits per heavy atom. The molecule has 0 unspecified atom stereocenters. The third-order valence-corrected chi connectivity index (χ3v) is 6.88. The summed E-state index contributed by atoms with van der Waals surface area (Å²) in [5, 5.41) is 0. The Morgan fingerprint density at radius 3 is 2.62 bits per heavy atom. The van der Waals surface area contributed by atoms with Crippen LogP contribution < -0.4 is 0 Å². The van der Waals surface area contributed by atoms with Crippen molar-refractivity contribution < 1.29 is 14.3 Å². The smallest absolute Gasteiger partial charge is 0.249 e. The van der Waals surface area contributed by atoms with Crippen molar-refractivity contribution in [2.24, 2.45) is 5.92 Å². The van der Waals surface area contributed by atoms with Gasteiger partial charge in [-0.25, -0.2) is 4.98 Å². The van der Waals surface area contributed by atoms with Gasteiger partial charge in [0.2, 0.25) is 11.8 Å². The van der Waals surface area contributed by atoms with E-state index >= 15 is 0 Å². The molecule has 1 N–H and O–H groups in total. The fourth-order valence-electron chi connectivity index (χ4n) is 5.39. The van der Waals surface area contributed by atoms with Crippen molar-refractivity contribution in [2.45, 2.75) is 44.6 Å². The van der Waals surface area contributed by atoms with Gasteiger partial charge in [0.15, 0.2) is 0 Å². The lowest BCUT2D eigenvalue weighted by atomic mass is 9.78. The first kappa shape index (κ1) is 20.3. The molecule has 0 saturated carbocycles. The van der Waals surface area contributed by atoms with Gasteiger partial charge in [-0.05, 0) is 38.8 Å². The highest BCUT2D eigenvalue weighted by Crippen LogP contribution is 2.42. The van der Waals surface area contributed by atoms with Crippen LogP contribution in [0.4, 0.5) is 0 Å². The third-order valence-electron chi connectivity index (χ3n) is 6.88. The molecule has 0 bridgehead atoms. The van der Waals surface area contributed by atoms with Crippen molar-refractivity contribution in [3.63, 3.8) is 0 Å². The zero-order chi connectivity index (χ0) is 20.4. The molecule has 1 aromatic heterocycles. The number of ether oxygens (including phenoxy) is 1. The van der Waals surface area contributed by atoms with Gasteiger partial charge in [-0.1, -0.05) is 6.92 Å². The molecule has 4 heterocycles. The average Bonchev–Trinajstić information content (AvgIpc) is 3.41. The van der Waals surface area contributed by atoms with Gasteiger partial charge < -0.3 is 24.4 Å². The maximum absolute atomic E-state index is 13.0. The van der Waals surface area contributed by atoms with Crippen LogP contribution in [0.25, 0.3) is 0 Å². The van der Waals surface area contributed by atoms with Crippen LogP contribution in [0, 0.1) is 5.92 Å². The zero-order valence-electron chi connectivity index (χ0n) is 17.7. The number of nitrogens with one attached hydrogen (secondary N) is 1. The Balaban J connectivity index is 1.46. The molecular weight excluding hydrogens is 370 g/mol. The quantitative estimate of drug-likeness (QED) is 0.793. The number of piperidine rings is 1. The summed E-state index contributed by atoms with van der Waals surface area (Å²) < 4.78 is 5.13. The summed E-state index contributed by atoms with van der Waals surface area (Å²) in [7, 11) is 1.55. The van der Waals surface area contributed by atoms with Gasteiger partial charge in [0.1, 0.15) is 6.61 Å². The SMILES string of the molecule is COCC(=O)N1CCc2[nH]cnc2C12CCN(C(=O)[C@H](C)CN1CCCC1)CC2. The van der Waals surface area contributed by atoms with E-state index in [0.717, 1.165) is 50.3 Å². The second kappa shape index (κ2) is 8.44. The van der Waals surface area contributed by atoms with E-state index in [-0.39, 0.29) is 24.3 Å². The highest BCUT2D eigenvalue weighted by molar-refractivity contribution is 5.80. The van der Waals surface area contributed by atoms with Crippen LogP contribution in [0.2, 0.25) is 0 Å². The van der Waals surface area contributed by atoms with Crippen molar-refractivity contribution in [1.29, 1.82) is 0 Å². The predicted molar refractivity (Wildman–Crippen MR) is 108 cm³/mol. The number of aromatic nitrogens is 2. The molecule has 4 rings (SSSR count). The molecule has 29 heavy (non-hydrogen) atoms. The fourth-order valence-corrected chi connectivity index (χ4v) is 5.39. The predicted octanol–water partition coefficient (Wildman–Crippen LogP) is 0.990. The summed E-state index contributed by atoms with van der Waals surface area (Å²) in [5.41, 5.74) is 1.66. The maximum Gasteiger partial charge on any atom is 0.249 e. The van der Waals surface area contributed by atoms with E-state index in [9.17, 15) is 9.59 Å². The van der Waals surface area contributed by atoms with Crippen molar-refractivity contribution in [1.82, 2.24) is 24.7 Å². The molecule has 1 atom stereocenters. The van der Waals surface area contributed by atoms with Gasteiger partial charge in [0.05, 0.1) is 17.6 Å². The lowest BCUT2D eigenvalue weighted by Gasteiger charge is -2.50. The molecule has 2 fully saturated rings. The number of methoxy groups -OCH3 is 1. The molecular formula is C21H33N5O3. The Hall–Kier alpha value is -1.93. The normalized spacial score (nSPS) is 22.7. The Bertz CT molecular complexity index is 734. The molecule has 160 valence electrons. The number of nitrogens with zero attached hydrogens (tertiary/aromatic N) is 4. The summed E-state index contributed by atoms with van der Waals surface area (Å²) >= 11 is 0. The first-order chi connectivity index (χ1) is 14.0. The van der Waals surface area contributed by atoms with Crippen LogP contribution >= 0.6 is 0 Å². The fraction of sp³-hybridized carbons (Fsp3) is 0.762. The van der Waals surface area contributed by atoms with Crippen LogP contribution in [0.5, 0.6) is 0 Å². The van der Waals surface area contributed by atoms with E-state index < -0.39 is 5.54 Å². The maximum atomic E-state index is 13.0. The summed E-state index contributed by atoms with van der Waals surface area (Å²) in [6.45, 7) is 7.18. The number of carbonyl (C=O) groups is 2. The Morgan fingerprint density at radius 1 is 1.21 bits per heavy atom. The zero-order valence-corrected chi connectivity index (χ0v) is 17.7. The summed E-state index contributed by atoms with van der Waals surface area (Å²) in [6.07, 6.45) is 6.44. The number of H-pyrrole nitrogens is 1. The molecule has 2 saturated heterocycles. The molecule has 1 spiro atoms. The first-order valence-corrected chi connectivity index (χ1v) is 10.9. The van der Waals surface area contributed by atoms with Gasteiger partial charge in [-0.15, -0.1) is 0 Å². The van der Waals surface area contributed by atoms with Crippen molar-refractivity contribution in [3.8, 4) is 0 Å². The minimum absolute atomic E-state index is 0.00308. The third kappa shape index (κ3) is 3.80.